The van der Waals surface area contributed by atoms with Gasteiger partial charge in [0.05, 0.1) is 26.9 Å². The van der Waals surface area contributed by atoms with Crippen molar-refractivity contribution in [2.75, 3.05) is 21.3 Å². The molecule has 1 aromatic rings. The molecule has 0 radical (unpaired) electrons. The van der Waals surface area contributed by atoms with E-state index < -0.39 is 11.5 Å². The number of allylic oxidation sites excluding steroid dienone is 1. The zero-order chi connectivity index (χ0) is 17.6. The number of carbonyl (C=O) groups is 2. The summed E-state index contributed by atoms with van der Waals surface area (Å²) in [4.78, 5) is 25.0. The zero-order valence-electron chi connectivity index (χ0n) is 13.8. The Balaban J connectivity index is 2.23. The normalized spacial score (nSPS) is 25.2. The Morgan fingerprint density at radius 2 is 1.92 bits per heavy atom. The summed E-state index contributed by atoms with van der Waals surface area (Å²) >= 11 is 6.36. The Hall–Kier alpha value is -2.21. The van der Waals surface area contributed by atoms with E-state index in [0.29, 0.717) is 5.75 Å². The largest absolute Gasteiger partial charge is 0.496 e. The van der Waals surface area contributed by atoms with E-state index in [-0.39, 0.29) is 45.8 Å². The molecule has 2 aliphatic rings. The summed E-state index contributed by atoms with van der Waals surface area (Å²) in [5, 5.41) is 0.150. The average Bonchev–Trinajstić information content (AvgIpc) is 2.85. The van der Waals surface area contributed by atoms with Crippen LogP contribution in [0.5, 0.6) is 17.2 Å². The molecule has 1 heterocycles. The number of hydrogen-bond acceptors (Lipinski definition) is 6. The monoisotopic (exact) mass is 352 g/mol. The Morgan fingerprint density at radius 3 is 2.50 bits per heavy atom. The van der Waals surface area contributed by atoms with Gasteiger partial charge < -0.3 is 18.9 Å². The maximum absolute atomic E-state index is 13.2. The molecule has 0 amide bonds. The number of carbonyl (C=O) groups excluding carboxylic acids is 2. The van der Waals surface area contributed by atoms with Crippen molar-refractivity contribution in [3.05, 3.63) is 28.5 Å². The van der Waals surface area contributed by atoms with Gasteiger partial charge in [-0.15, -0.1) is 0 Å². The van der Waals surface area contributed by atoms with Crippen LogP contribution < -0.4 is 14.2 Å². The van der Waals surface area contributed by atoms with E-state index in [2.05, 4.69) is 0 Å². The number of Topliss-reactive ketones (excluding diaryl/α,β-unsaturated/α-hetero) is 1. The van der Waals surface area contributed by atoms with Crippen molar-refractivity contribution < 1.29 is 28.5 Å². The average molecular weight is 353 g/mol. The lowest BCUT2D eigenvalue weighted by atomic mass is 9.75. The van der Waals surface area contributed by atoms with Crippen LogP contribution in [0.15, 0.2) is 17.9 Å². The first-order valence-electron chi connectivity index (χ1n) is 7.38. The number of fused-ring (bicyclic) bond motifs is 1. The van der Waals surface area contributed by atoms with E-state index in [4.69, 9.17) is 30.5 Å². The summed E-state index contributed by atoms with van der Waals surface area (Å²) in [5.74, 6) is 0.179. The lowest BCUT2D eigenvalue weighted by Crippen LogP contribution is -2.51. The maximum Gasteiger partial charge on any atom is 0.231 e. The third-order valence-corrected chi connectivity index (χ3v) is 4.83. The minimum absolute atomic E-state index is 0.112. The van der Waals surface area contributed by atoms with E-state index in [9.17, 15) is 9.59 Å². The number of benzene rings is 1. The zero-order valence-corrected chi connectivity index (χ0v) is 14.5. The molecule has 24 heavy (non-hydrogen) atoms. The van der Waals surface area contributed by atoms with Crippen LogP contribution in [-0.2, 0) is 9.53 Å². The Morgan fingerprint density at radius 1 is 1.21 bits per heavy atom. The van der Waals surface area contributed by atoms with E-state index in [1.54, 1.807) is 6.92 Å². The lowest BCUT2D eigenvalue weighted by molar-refractivity contribution is -0.118. The van der Waals surface area contributed by atoms with Gasteiger partial charge in [-0.1, -0.05) is 18.5 Å². The molecule has 2 atom stereocenters. The molecular formula is C17H17ClO6. The Bertz CT molecular complexity index is 769. The first-order chi connectivity index (χ1) is 11.4. The highest BCUT2D eigenvalue weighted by Crippen LogP contribution is 2.53. The molecule has 6 nitrogen and oxygen atoms in total. The fraction of sp³-hybridized carbons (Fsp3) is 0.412. The van der Waals surface area contributed by atoms with Gasteiger partial charge in [-0.2, -0.15) is 0 Å². The van der Waals surface area contributed by atoms with E-state index in [1.165, 1.54) is 33.5 Å². The van der Waals surface area contributed by atoms with Gasteiger partial charge in [0.15, 0.2) is 28.8 Å². The summed E-state index contributed by atoms with van der Waals surface area (Å²) in [6, 6.07) is 1.54. The van der Waals surface area contributed by atoms with Crippen molar-refractivity contribution in [2.45, 2.75) is 18.9 Å². The van der Waals surface area contributed by atoms with Crippen molar-refractivity contribution in [2.24, 2.45) is 5.92 Å². The molecule has 0 fully saturated rings. The van der Waals surface area contributed by atoms with Crippen molar-refractivity contribution in [3.8, 4) is 17.2 Å². The maximum atomic E-state index is 13.2. The molecule has 0 saturated carbocycles. The van der Waals surface area contributed by atoms with Gasteiger partial charge >= 0.3 is 0 Å². The van der Waals surface area contributed by atoms with E-state index >= 15 is 0 Å². The third kappa shape index (κ3) is 2.02. The summed E-state index contributed by atoms with van der Waals surface area (Å²) in [6.07, 6.45) is 1.49. The first kappa shape index (κ1) is 16.6. The first-order valence-corrected chi connectivity index (χ1v) is 7.75. The fourth-order valence-electron chi connectivity index (χ4n) is 3.31. The molecule has 1 spiro atoms. The van der Waals surface area contributed by atoms with Crippen LogP contribution in [0.4, 0.5) is 0 Å². The Labute approximate surface area is 144 Å². The summed E-state index contributed by atoms with van der Waals surface area (Å²) in [5.41, 5.74) is -1.12. The molecule has 1 aliphatic heterocycles. The topological polar surface area (TPSA) is 71.1 Å². The quantitative estimate of drug-likeness (QED) is 0.833. The van der Waals surface area contributed by atoms with Crippen molar-refractivity contribution in [3.63, 3.8) is 0 Å². The van der Waals surface area contributed by atoms with Crippen molar-refractivity contribution in [1.82, 2.24) is 0 Å². The van der Waals surface area contributed by atoms with Gasteiger partial charge in [-0.25, -0.2) is 0 Å². The number of methoxy groups -OCH3 is 3. The van der Waals surface area contributed by atoms with Crippen LogP contribution in [0.1, 0.15) is 23.7 Å². The summed E-state index contributed by atoms with van der Waals surface area (Å²) in [6.45, 7) is 1.77. The second-order valence-electron chi connectivity index (χ2n) is 5.75. The number of rotatable bonds is 3. The molecule has 128 valence electrons. The highest BCUT2D eigenvalue weighted by atomic mass is 35.5. The van der Waals surface area contributed by atoms with Crippen LogP contribution >= 0.6 is 11.6 Å². The summed E-state index contributed by atoms with van der Waals surface area (Å²) in [7, 11) is 4.31. The van der Waals surface area contributed by atoms with E-state index in [0.717, 1.165) is 0 Å². The highest BCUT2D eigenvalue weighted by molar-refractivity contribution is 6.35. The molecule has 7 heteroatoms. The van der Waals surface area contributed by atoms with Crippen LogP contribution in [-0.4, -0.2) is 38.5 Å². The van der Waals surface area contributed by atoms with Gasteiger partial charge in [0, 0.05) is 18.4 Å². The molecule has 2 unspecified atom stereocenters. The number of ketones is 2. The molecule has 0 N–H and O–H groups in total. The smallest absolute Gasteiger partial charge is 0.231 e. The predicted octanol–water partition coefficient (Wildman–Crippen LogP) is 2.81. The summed E-state index contributed by atoms with van der Waals surface area (Å²) < 4.78 is 21.8. The van der Waals surface area contributed by atoms with Crippen molar-refractivity contribution >= 4 is 23.2 Å². The molecule has 1 aliphatic carbocycles. The van der Waals surface area contributed by atoms with Gasteiger partial charge in [0.1, 0.15) is 5.02 Å². The molecule has 0 bridgehead atoms. The minimum Gasteiger partial charge on any atom is -0.496 e. The third-order valence-electron chi connectivity index (χ3n) is 4.49. The van der Waals surface area contributed by atoms with Gasteiger partial charge in [-0.3, -0.25) is 9.59 Å². The number of halogens is 1. The molecule has 1 aromatic carbocycles. The van der Waals surface area contributed by atoms with Gasteiger partial charge in [0.2, 0.25) is 11.4 Å². The second kappa shape index (κ2) is 5.70. The van der Waals surface area contributed by atoms with Crippen molar-refractivity contribution in [1.29, 1.82) is 0 Å². The second-order valence-corrected chi connectivity index (χ2v) is 6.13. The highest BCUT2D eigenvalue weighted by Gasteiger charge is 2.59. The predicted molar refractivity (Wildman–Crippen MR) is 86.1 cm³/mol. The fourth-order valence-corrected chi connectivity index (χ4v) is 3.62. The molecular weight excluding hydrogens is 336 g/mol. The van der Waals surface area contributed by atoms with E-state index in [1.807, 2.05) is 0 Å². The number of hydrogen-bond donors (Lipinski definition) is 0. The van der Waals surface area contributed by atoms with Crippen LogP contribution in [0, 0.1) is 5.92 Å². The van der Waals surface area contributed by atoms with Gasteiger partial charge in [-0.05, 0) is 6.07 Å². The molecule has 0 saturated heterocycles. The number of ether oxygens (including phenoxy) is 4. The minimum atomic E-state index is -1.40. The van der Waals surface area contributed by atoms with Crippen LogP contribution in [0.25, 0.3) is 0 Å². The van der Waals surface area contributed by atoms with Crippen LogP contribution in [0.2, 0.25) is 5.02 Å². The van der Waals surface area contributed by atoms with Crippen LogP contribution in [0.3, 0.4) is 0 Å². The standard InChI is InChI=1S/C17H17ClO6/c1-8-5-9(19)6-12(22-3)17(8)16(20)10-7-11(21-2)15(23-4)13(18)14(10)24-17/h6-8H,5H2,1-4H3. The Kier molecular flexibility index (Phi) is 3.95. The van der Waals surface area contributed by atoms with Gasteiger partial charge in [0.25, 0.3) is 0 Å². The molecule has 3 rings (SSSR count). The SMILES string of the molecule is COC1=CC(=O)CC(C)C12Oc1c(cc(OC)c(OC)c1Cl)C2=O. The molecule has 0 aromatic heterocycles. The lowest BCUT2D eigenvalue weighted by Gasteiger charge is -2.36.